The van der Waals surface area contributed by atoms with Crippen LogP contribution >= 0.6 is 0 Å². The SMILES string of the molecule is CCNCCC(=O)N(C)C1CCc2ccccc21. The number of amides is 1. The Morgan fingerprint density at radius 3 is 3.00 bits per heavy atom. The molecule has 0 bridgehead atoms. The van der Waals surface area contributed by atoms with Crippen LogP contribution < -0.4 is 5.32 Å². The Labute approximate surface area is 109 Å². The van der Waals surface area contributed by atoms with Gasteiger partial charge in [0.25, 0.3) is 0 Å². The van der Waals surface area contributed by atoms with E-state index in [0.29, 0.717) is 6.42 Å². The fourth-order valence-electron chi connectivity index (χ4n) is 2.66. The van der Waals surface area contributed by atoms with Gasteiger partial charge < -0.3 is 10.2 Å². The molecule has 0 spiro atoms. The van der Waals surface area contributed by atoms with Crippen molar-refractivity contribution in [1.29, 1.82) is 0 Å². The van der Waals surface area contributed by atoms with Crippen LogP contribution in [0.1, 0.15) is 36.9 Å². The standard InChI is InChI=1S/C15H22N2O/c1-3-16-11-10-15(18)17(2)14-9-8-12-6-4-5-7-13(12)14/h4-7,14,16H,3,8-11H2,1-2H3. The number of nitrogens with one attached hydrogen (secondary N) is 1. The Kier molecular flexibility index (Phi) is 4.37. The van der Waals surface area contributed by atoms with Crippen molar-refractivity contribution < 1.29 is 4.79 Å². The molecule has 18 heavy (non-hydrogen) atoms. The van der Waals surface area contributed by atoms with Gasteiger partial charge in [0.2, 0.25) is 5.91 Å². The topological polar surface area (TPSA) is 32.3 Å². The highest BCUT2D eigenvalue weighted by Crippen LogP contribution is 2.34. The van der Waals surface area contributed by atoms with Crippen molar-refractivity contribution in [2.75, 3.05) is 20.1 Å². The molecule has 2 rings (SSSR count). The van der Waals surface area contributed by atoms with Crippen LogP contribution in [0, 0.1) is 0 Å². The first kappa shape index (κ1) is 13.1. The van der Waals surface area contributed by atoms with Crippen LogP contribution in [0.4, 0.5) is 0 Å². The summed E-state index contributed by atoms with van der Waals surface area (Å²) in [5.41, 5.74) is 2.73. The number of carbonyl (C=O) groups excluding carboxylic acids is 1. The average molecular weight is 246 g/mol. The summed E-state index contributed by atoms with van der Waals surface area (Å²) in [6.07, 6.45) is 2.73. The van der Waals surface area contributed by atoms with Gasteiger partial charge in [-0.05, 0) is 30.5 Å². The predicted octanol–water partition coefficient (Wildman–Crippen LogP) is 2.13. The molecule has 0 saturated carbocycles. The highest BCUT2D eigenvalue weighted by atomic mass is 16.2. The molecular formula is C15H22N2O. The Morgan fingerprint density at radius 2 is 2.22 bits per heavy atom. The van der Waals surface area contributed by atoms with E-state index < -0.39 is 0 Å². The molecule has 3 nitrogen and oxygen atoms in total. The largest absolute Gasteiger partial charge is 0.339 e. The first-order valence-electron chi connectivity index (χ1n) is 6.78. The zero-order valence-corrected chi connectivity index (χ0v) is 11.3. The molecule has 1 aromatic carbocycles. The van der Waals surface area contributed by atoms with Crippen molar-refractivity contribution >= 4 is 5.91 Å². The number of hydrogen-bond acceptors (Lipinski definition) is 2. The minimum Gasteiger partial charge on any atom is -0.339 e. The van der Waals surface area contributed by atoms with E-state index in [4.69, 9.17) is 0 Å². The Balaban J connectivity index is 1.98. The number of nitrogens with zero attached hydrogens (tertiary/aromatic N) is 1. The molecule has 0 heterocycles. The number of hydrogen-bond donors (Lipinski definition) is 1. The lowest BCUT2D eigenvalue weighted by Crippen LogP contribution is -2.32. The summed E-state index contributed by atoms with van der Waals surface area (Å²) in [6.45, 7) is 3.75. The molecule has 98 valence electrons. The third kappa shape index (κ3) is 2.72. The number of benzene rings is 1. The molecule has 0 radical (unpaired) electrons. The average Bonchev–Trinajstić information content (AvgIpc) is 2.82. The quantitative estimate of drug-likeness (QED) is 0.807. The van der Waals surface area contributed by atoms with Crippen LogP contribution in [0.2, 0.25) is 0 Å². The summed E-state index contributed by atoms with van der Waals surface area (Å²) < 4.78 is 0. The second-order valence-electron chi connectivity index (χ2n) is 4.86. The van der Waals surface area contributed by atoms with E-state index in [1.807, 2.05) is 11.9 Å². The van der Waals surface area contributed by atoms with E-state index in [2.05, 4.69) is 36.5 Å². The zero-order chi connectivity index (χ0) is 13.0. The molecule has 3 heteroatoms. The van der Waals surface area contributed by atoms with Crippen LogP contribution in [0.15, 0.2) is 24.3 Å². The third-order valence-corrected chi connectivity index (χ3v) is 3.73. The molecule has 1 N–H and O–H groups in total. The van der Waals surface area contributed by atoms with Crippen LogP contribution in [-0.2, 0) is 11.2 Å². The fraction of sp³-hybridized carbons (Fsp3) is 0.533. The molecule has 0 saturated heterocycles. The summed E-state index contributed by atoms with van der Waals surface area (Å²) >= 11 is 0. The van der Waals surface area contributed by atoms with Gasteiger partial charge in [0.1, 0.15) is 0 Å². The maximum absolute atomic E-state index is 12.1. The van der Waals surface area contributed by atoms with Gasteiger partial charge in [-0.1, -0.05) is 31.2 Å². The van der Waals surface area contributed by atoms with Crippen molar-refractivity contribution in [1.82, 2.24) is 10.2 Å². The van der Waals surface area contributed by atoms with Gasteiger partial charge in [-0.2, -0.15) is 0 Å². The molecule has 0 aliphatic heterocycles. The lowest BCUT2D eigenvalue weighted by atomic mass is 10.1. The number of aryl methyl sites for hydroxylation is 1. The lowest BCUT2D eigenvalue weighted by Gasteiger charge is -2.25. The summed E-state index contributed by atoms with van der Waals surface area (Å²) in [5, 5.41) is 3.20. The summed E-state index contributed by atoms with van der Waals surface area (Å²) in [7, 11) is 1.93. The van der Waals surface area contributed by atoms with Crippen LogP contribution in [-0.4, -0.2) is 30.9 Å². The first-order chi connectivity index (χ1) is 8.74. The maximum Gasteiger partial charge on any atom is 0.224 e. The molecular weight excluding hydrogens is 224 g/mol. The van der Waals surface area contributed by atoms with Crippen molar-refractivity contribution in [3.8, 4) is 0 Å². The summed E-state index contributed by atoms with van der Waals surface area (Å²) in [6, 6.07) is 8.74. The smallest absolute Gasteiger partial charge is 0.224 e. The molecule has 1 amide bonds. The molecule has 0 fully saturated rings. The zero-order valence-electron chi connectivity index (χ0n) is 11.3. The number of carbonyl (C=O) groups is 1. The highest BCUT2D eigenvalue weighted by Gasteiger charge is 2.27. The summed E-state index contributed by atoms with van der Waals surface area (Å²) in [4.78, 5) is 14.0. The van der Waals surface area contributed by atoms with Crippen molar-refractivity contribution in [3.05, 3.63) is 35.4 Å². The van der Waals surface area contributed by atoms with Gasteiger partial charge in [-0.3, -0.25) is 4.79 Å². The minimum atomic E-state index is 0.234. The predicted molar refractivity (Wildman–Crippen MR) is 73.4 cm³/mol. The molecule has 1 atom stereocenters. The van der Waals surface area contributed by atoms with E-state index in [1.54, 1.807) is 0 Å². The second-order valence-corrected chi connectivity index (χ2v) is 4.86. The van der Waals surface area contributed by atoms with E-state index >= 15 is 0 Å². The number of fused-ring (bicyclic) bond motifs is 1. The molecule has 1 aliphatic rings. The Bertz CT molecular complexity index is 417. The van der Waals surface area contributed by atoms with Crippen molar-refractivity contribution in [2.24, 2.45) is 0 Å². The van der Waals surface area contributed by atoms with E-state index in [-0.39, 0.29) is 11.9 Å². The fourth-order valence-corrected chi connectivity index (χ4v) is 2.66. The van der Waals surface area contributed by atoms with Crippen LogP contribution in [0.5, 0.6) is 0 Å². The van der Waals surface area contributed by atoms with E-state index in [9.17, 15) is 4.79 Å². The Hall–Kier alpha value is -1.35. The second kappa shape index (κ2) is 6.01. The highest BCUT2D eigenvalue weighted by molar-refractivity contribution is 5.76. The molecule has 1 aliphatic carbocycles. The van der Waals surface area contributed by atoms with Crippen LogP contribution in [0.25, 0.3) is 0 Å². The molecule has 0 aromatic heterocycles. The van der Waals surface area contributed by atoms with Gasteiger partial charge in [0.05, 0.1) is 6.04 Å². The molecule has 1 unspecified atom stereocenters. The van der Waals surface area contributed by atoms with Gasteiger partial charge in [-0.15, -0.1) is 0 Å². The van der Waals surface area contributed by atoms with Crippen LogP contribution in [0.3, 0.4) is 0 Å². The van der Waals surface area contributed by atoms with Gasteiger partial charge in [0.15, 0.2) is 0 Å². The maximum atomic E-state index is 12.1. The monoisotopic (exact) mass is 246 g/mol. The first-order valence-corrected chi connectivity index (χ1v) is 6.78. The van der Waals surface area contributed by atoms with Gasteiger partial charge in [0, 0.05) is 20.0 Å². The van der Waals surface area contributed by atoms with Crippen molar-refractivity contribution in [3.63, 3.8) is 0 Å². The molecule has 1 aromatic rings. The van der Waals surface area contributed by atoms with E-state index in [1.165, 1.54) is 11.1 Å². The number of rotatable bonds is 5. The lowest BCUT2D eigenvalue weighted by molar-refractivity contribution is -0.132. The van der Waals surface area contributed by atoms with Crippen molar-refractivity contribution in [2.45, 2.75) is 32.2 Å². The van der Waals surface area contributed by atoms with E-state index in [0.717, 1.165) is 25.9 Å². The third-order valence-electron chi connectivity index (χ3n) is 3.73. The minimum absolute atomic E-state index is 0.234. The Morgan fingerprint density at radius 1 is 1.44 bits per heavy atom. The van der Waals surface area contributed by atoms with Gasteiger partial charge >= 0.3 is 0 Å². The summed E-state index contributed by atoms with van der Waals surface area (Å²) in [5.74, 6) is 0.234. The van der Waals surface area contributed by atoms with Gasteiger partial charge in [-0.25, -0.2) is 0 Å². The normalized spacial score (nSPS) is 17.6.